The van der Waals surface area contributed by atoms with E-state index in [-0.39, 0.29) is 17.9 Å². The van der Waals surface area contributed by atoms with E-state index < -0.39 is 5.82 Å². The van der Waals surface area contributed by atoms with Gasteiger partial charge in [0.05, 0.1) is 11.1 Å². The summed E-state index contributed by atoms with van der Waals surface area (Å²) >= 11 is 0. The Labute approximate surface area is 162 Å². The summed E-state index contributed by atoms with van der Waals surface area (Å²) in [5, 5.41) is 9.13. The lowest BCUT2D eigenvalue weighted by molar-refractivity contribution is -0.110. The first-order valence-electron chi connectivity index (χ1n) is 9.47. The van der Waals surface area contributed by atoms with Crippen LogP contribution in [0, 0.1) is 19.7 Å². The van der Waals surface area contributed by atoms with Gasteiger partial charge in [0, 0.05) is 28.7 Å². The Morgan fingerprint density at radius 3 is 2.75 bits per heavy atom. The zero-order chi connectivity index (χ0) is 19.8. The Balaban J connectivity index is 1.65. The van der Waals surface area contributed by atoms with Gasteiger partial charge in [0.2, 0.25) is 0 Å². The van der Waals surface area contributed by atoms with Gasteiger partial charge in [0.1, 0.15) is 5.82 Å². The van der Waals surface area contributed by atoms with Gasteiger partial charge in [0.15, 0.2) is 0 Å². The van der Waals surface area contributed by atoms with Crippen molar-refractivity contribution in [2.45, 2.75) is 32.7 Å². The van der Waals surface area contributed by atoms with Crippen LogP contribution in [0.25, 0.3) is 11.6 Å². The van der Waals surface area contributed by atoms with E-state index in [1.807, 2.05) is 13.8 Å². The van der Waals surface area contributed by atoms with Crippen molar-refractivity contribution in [3.05, 3.63) is 52.1 Å². The van der Waals surface area contributed by atoms with Gasteiger partial charge in [-0.1, -0.05) is 0 Å². The fourth-order valence-electron chi connectivity index (χ4n) is 3.93. The lowest BCUT2D eigenvalue weighted by atomic mass is 10.0. The number of carbonyl (C=O) groups is 2. The molecule has 0 radical (unpaired) electrons. The van der Waals surface area contributed by atoms with E-state index in [4.69, 9.17) is 0 Å². The number of rotatable bonds is 3. The molecule has 28 heavy (non-hydrogen) atoms. The van der Waals surface area contributed by atoms with E-state index >= 15 is 0 Å². The number of halogens is 1. The third-order valence-corrected chi connectivity index (χ3v) is 5.43. The highest BCUT2D eigenvalue weighted by molar-refractivity contribution is 6.34. The number of hydrogen-bond acceptors (Lipinski definition) is 3. The average Bonchev–Trinajstić information content (AvgIpc) is 3.12. The lowest BCUT2D eigenvalue weighted by Gasteiger charge is -2.23. The zero-order valence-electron chi connectivity index (χ0n) is 15.9. The number of benzene rings is 1. The van der Waals surface area contributed by atoms with Crippen LogP contribution in [-0.4, -0.2) is 35.9 Å². The summed E-state index contributed by atoms with van der Waals surface area (Å²) in [5.74, 6) is -0.791. The summed E-state index contributed by atoms with van der Waals surface area (Å²) in [7, 11) is 0. The molecule has 1 aromatic heterocycles. The van der Waals surface area contributed by atoms with Crippen LogP contribution in [0.5, 0.6) is 0 Å². The lowest BCUT2D eigenvalue weighted by Crippen LogP contribution is -2.42. The predicted octanol–water partition coefficient (Wildman–Crippen LogP) is 2.75. The Morgan fingerprint density at radius 2 is 2.00 bits per heavy atom. The molecule has 3 heterocycles. The molecule has 7 heteroatoms. The SMILES string of the molecule is Cc1[nH]c(C=C2C(=O)Nc3ccc(F)cc32)c(C)c1C(=O)NC1CCNCC1. The molecule has 6 nitrogen and oxygen atoms in total. The molecule has 0 aliphatic carbocycles. The number of anilines is 1. The quantitative estimate of drug-likeness (QED) is 0.616. The first kappa shape index (κ1) is 18.4. The minimum Gasteiger partial charge on any atom is -0.358 e. The molecule has 1 fully saturated rings. The van der Waals surface area contributed by atoms with Gasteiger partial charge in [-0.05, 0) is 69.6 Å². The number of nitrogens with one attached hydrogen (secondary N) is 4. The molecule has 0 spiro atoms. The van der Waals surface area contributed by atoms with Crippen molar-refractivity contribution in [3.63, 3.8) is 0 Å². The Kier molecular flexibility index (Phi) is 4.77. The zero-order valence-corrected chi connectivity index (χ0v) is 15.9. The van der Waals surface area contributed by atoms with Crippen LogP contribution in [0.4, 0.5) is 10.1 Å². The number of hydrogen-bond donors (Lipinski definition) is 4. The first-order valence-corrected chi connectivity index (χ1v) is 9.47. The van der Waals surface area contributed by atoms with Crippen LogP contribution in [0.15, 0.2) is 18.2 Å². The van der Waals surface area contributed by atoms with Crippen molar-refractivity contribution in [1.29, 1.82) is 0 Å². The van der Waals surface area contributed by atoms with Gasteiger partial charge in [-0.2, -0.15) is 0 Å². The number of amides is 2. The minimum atomic E-state index is -0.400. The van der Waals surface area contributed by atoms with Crippen LogP contribution in [-0.2, 0) is 4.79 Å². The van der Waals surface area contributed by atoms with Gasteiger partial charge >= 0.3 is 0 Å². The Morgan fingerprint density at radius 1 is 1.25 bits per heavy atom. The minimum absolute atomic E-state index is 0.106. The van der Waals surface area contributed by atoms with Crippen LogP contribution in [0.3, 0.4) is 0 Å². The summed E-state index contributed by atoms with van der Waals surface area (Å²) in [6.07, 6.45) is 3.51. The Bertz CT molecular complexity index is 987. The van der Waals surface area contributed by atoms with Gasteiger partial charge in [-0.25, -0.2) is 4.39 Å². The maximum absolute atomic E-state index is 13.6. The number of fused-ring (bicyclic) bond motifs is 1. The van der Waals surface area contributed by atoms with E-state index in [1.54, 1.807) is 12.1 Å². The van der Waals surface area contributed by atoms with E-state index in [9.17, 15) is 14.0 Å². The summed E-state index contributed by atoms with van der Waals surface area (Å²) < 4.78 is 13.6. The largest absolute Gasteiger partial charge is 0.358 e. The molecule has 0 unspecified atom stereocenters. The number of carbonyl (C=O) groups excluding carboxylic acids is 2. The molecule has 2 aromatic rings. The number of aromatic amines is 1. The van der Waals surface area contributed by atoms with Gasteiger partial charge in [-0.3, -0.25) is 9.59 Å². The summed E-state index contributed by atoms with van der Waals surface area (Å²) in [6, 6.07) is 4.37. The molecule has 1 aromatic carbocycles. The molecule has 4 N–H and O–H groups in total. The number of piperidine rings is 1. The van der Waals surface area contributed by atoms with Crippen molar-refractivity contribution in [1.82, 2.24) is 15.6 Å². The first-order chi connectivity index (χ1) is 13.4. The molecule has 1 saturated heterocycles. The molecule has 2 aliphatic heterocycles. The molecule has 0 atom stereocenters. The fraction of sp³-hybridized carbons (Fsp3) is 0.333. The van der Waals surface area contributed by atoms with E-state index in [2.05, 4.69) is 20.9 Å². The topological polar surface area (TPSA) is 86.0 Å². The molecule has 146 valence electrons. The van der Waals surface area contributed by atoms with E-state index in [0.29, 0.717) is 28.1 Å². The van der Waals surface area contributed by atoms with Crippen LogP contribution < -0.4 is 16.0 Å². The van der Waals surface area contributed by atoms with Gasteiger partial charge in [-0.15, -0.1) is 0 Å². The smallest absolute Gasteiger partial charge is 0.256 e. The van der Waals surface area contributed by atoms with Crippen molar-refractivity contribution < 1.29 is 14.0 Å². The maximum Gasteiger partial charge on any atom is 0.256 e. The number of aryl methyl sites for hydroxylation is 1. The van der Waals surface area contributed by atoms with Crippen molar-refractivity contribution in [2.24, 2.45) is 0 Å². The number of H-pyrrole nitrogens is 1. The molecule has 2 aliphatic rings. The normalized spacial score (nSPS) is 18.2. The van der Waals surface area contributed by atoms with Gasteiger partial charge in [0.25, 0.3) is 11.8 Å². The molecular formula is C21H23FN4O2. The van der Waals surface area contributed by atoms with Crippen LogP contribution in [0.1, 0.15) is 45.7 Å². The third kappa shape index (κ3) is 3.33. The van der Waals surface area contributed by atoms with Crippen molar-refractivity contribution >= 4 is 29.2 Å². The number of aromatic nitrogens is 1. The molecule has 0 saturated carbocycles. The van der Waals surface area contributed by atoms with Gasteiger partial charge < -0.3 is 20.9 Å². The molecule has 0 bridgehead atoms. The van der Waals surface area contributed by atoms with Crippen molar-refractivity contribution in [3.8, 4) is 0 Å². The predicted molar refractivity (Wildman–Crippen MR) is 107 cm³/mol. The maximum atomic E-state index is 13.6. The molecule has 4 rings (SSSR count). The average molecular weight is 382 g/mol. The summed E-state index contributed by atoms with van der Waals surface area (Å²) in [4.78, 5) is 28.4. The summed E-state index contributed by atoms with van der Waals surface area (Å²) in [5.41, 5.74) is 4.28. The van der Waals surface area contributed by atoms with E-state index in [0.717, 1.165) is 37.2 Å². The highest BCUT2D eigenvalue weighted by atomic mass is 19.1. The van der Waals surface area contributed by atoms with Crippen LogP contribution in [0.2, 0.25) is 0 Å². The monoisotopic (exact) mass is 382 g/mol. The fourth-order valence-corrected chi connectivity index (χ4v) is 3.93. The second-order valence-corrected chi connectivity index (χ2v) is 7.36. The summed E-state index contributed by atoms with van der Waals surface area (Å²) in [6.45, 7) is 5.50. The Hall–Kier alpha value is -2.93. The van der Waals surface area contributed by atoms with E-state index in [1.165, 1.54) is 12.1 Å². The van der Waals surface area contributed by atoms with Crippen molar-refractivity contribution in [2.75, 3.05) is 18.4 Å². The van der Waals surface area contributed by atoms with Crippen LogP contribution >= 0.6 is 0 Å². The second kappa shape index (κ2) is 7.24. The second-order valence-electron chi connectivity index (χ2n) is 7.36. The molecular weight excluding hydrogens is 359 g/mol. The standard InChI is InChI=1S/C21H23FN4O2/c1-11-18(10-16-15-9-13(22)3-4-17(15)26-20(16)27)24-12(2)19(11)21(28)25-14-5-7-23-8-6-14/h3-4,9-10,14,23-24H,5-8H2,1-2H3,(H,25,28)(H,26,27). The highest BCUT2D eigenvalue weighted by Gasteiger charge is 2.26. The highest BCUT2D eigenvalue weighted by Crippen LogP contribution is 2.34. The third-order valence-electron chi connectivity index (χ3n) is 5.43. The molecule has 2 amide bonds.